The number of rotatable bonds is 8. The van der Waals surface area contributed by atoms with Gasteiger partial charge in [-0.15, -0.1) is 0 Å². The van der Waals surface area contributed by atoms with Crippen molar-refractivity contribution in [1.29, 1.82) is 0 Å². The molecule has 0 atom stereocenters. The molecule has 80 valence electrons. The van der Waals surface area contributed by atoms with Crippen LogP contribution in [0.15, 0.2) is 0 Å². The third kappa shape index (κ3) is 9.84. The second-order valence-corrected chi connectivity index (χ2v) is 4.25. The minimum atomic E-state index is 0.765. The molecule has 0 aromatic rings. The first-order chi connectivity index (χ1) is 6.16. The van der Waals surface area contributed by atoms with Gasteiger partial charge in [0.05, 0.1) is 0 Å². The lowest BCUT2D eigenvalue weighted by Gasteiger charge is -2.16. The van der Waals surface area contributed by atoms with Gasteiger partial charge in [-0.05, 0) is 32.5 Å². The normalized spacial score (nSPS) is 11.5. The molecule has 0 unspecified atom stereocenters. The highest BCUT2D eigenvalue weighted by atomic mass is 15.1. The Kier molecular flexibility index (Phi) is 8.46. The number of unbranched alkanes of at least 4 members (excludes halogenated alkanes) is 1. The summed E-state index contributed by atoms with van der Waals surface area (Å²) in [6.45, 7) is 11.4. The highest BCUT2D eigenvalue weighted by molar-refractivity contribution is 4.56. The number of nitrogens with one attached hydrogen (secondary N) is 1. The molecule has 0 aliphatic rings. The molecule has 0 bridgehead atoms. The van der Waals surface area contributed by atoms with E-state index in [-0.39, 0.29) is 0 Å². The largest absolute Gasteiger partial charge is 0.315 e. The standard InChI is InChI=1S/C11H26N2/c1-5-6-8-13(4)9-7-12-10-11(2)3/h11-12H,5-10H2,1-4H3. The van der Waals surface area contributed by atoms with Crippen LogP contribution in [0, 0.1) is 5.92 Å². The van der Waals surface area contributed by atoms with E-state index in [4.69, 9.17) is 0 Å². The lowest BCUT2D eigenvalue weighted by Crippen LogP contribution is -2.31. The molecule has 0 aromatic heterocycles. The van der Waals surface area contributed by atoms with Crippen molar-refractivity contribution in [2.45, 2.75) is 33.6 Å². The van der Waals surface area contributed by atoms with Crippen LogP contribution < -0.4 is 5.32 Å². The summed E-state index contributed by atoms with van der Waals surface area (Å²) in [5.74, 6) is 0.765. The summed E-state index contributed by atoms with van der Waals surface area (Å²) >= 11 is 0. The maximum absolute atomic E-state index is 3.45. The van der Waals surface area contributed by atoms with Crippen LogP contribution in [0.4, 0.5) is 0 Å². The Balaban J connectivity index is 3.12. The van der Waals surface area contributed by atoms with E-state index in [1.807, 2.05) is 0 Å². The predicted molar refractivity (Wildman–Crippen MR) is 60.1 cm³/mol. The molecule has 0 amide bonds. The van der Waals surface area contributed by atoms with Crippen LogP contribution in [0.2, 0.25) is 0 Å². The third-order valence-corrected chi connectivity index (χ3v) is 2.12. The van der Waals surface area contributed by atoms with Gasteiger partial charge in [-0.1, -0.05) is 27.2 Å². The zero-order valence-corrected chi connectivity index (χ0v) is 9.77. The Morgan fingerprint density at radius 2 is 1.92 bits per heavy atom. The van der Waals surface area contributed by atoms with Gasteiger partial charge in [-0.3, -0.25) is 0 Å². The molecule has 0 aliphatic carbocycles. The van der Waals surface area contributed by atoms with Crippen molar-refractivity contribution in [2.24, 2.45) is 5.92 Å². The SMILES string of the molecule is CCCCN(C)CCNCC(C)C. The molecule has 2 heteroatoms. The molecule has 0 saturated heterocycles. The van der Waals surface area contributed by atoms with Crippen LogP contribution in [-0.4, -0.2) is 38.1 Å². The van der Waals surface area contributed by atoms with Gasteiger partial charge in [0.2, 0.25) is 0 Å². The fraction of sp³-hybridized carbons (Fsp3) is 1.00. The molecule has 0 fully saturated rings. The van der Waals surface area contributed by atoms with Crippen molar-refractivity contribution in [3.63, 3.8) is 0 Å². The Morgan fingerprint density at radius 1 is 1.23 bits per heavy atom. The zero-order valence-electron chi connectivity index (χ0n) is 9.77. The predicted octanol–water partition coefficient (Wildman–Crippen LogP) is 1.96. The van der Waals surface area contributed by atoms with Gasteiger partial charge in [-0.2, -0.15) is 0 Å². The number of hydrogen-bond acceptors (Lipinski definition) is 2. The second-order valence-electron chi connectivity index (χ2n) is 4.25. The van der Waals surface area contributed by atoms with Gasteiger partial charge in [0.1, 0.15) is 0 Å². The summed E-state index contributed by atoms with van der Waals surface area (Å²) in [6, 6.07) is 0. The van der Waals surface area contributed by atoms with E-state index in [0.29, 0.717) is 0 Å². The summed E-state index contributed by atoms with van der Waals surface area (Å²) in [5.41, 5.74) is 0. The second kappa shape index (κ2) is 8.52. The minimum absolute atomic E-state index is 0.765. The third-order valence-electron chi connectivity index (χ3n) is 2.12. The number of nitrogens with zero attached hydrogens (tertiary/aromatic N) is 1. The summed E-state index contributed by atoms with van der Waals surface area (Å²) < 4.78 is 0. The Bertz CT molecular complexity index is 102. The van der Waals surface area contributed by atoms with Crippen molar-refractivity contribution in [1.82, 2.24) is 10.2 Å². The van der Waals surface area contributed by atoms with Gasteiger partial charge < -0.3 is 10.2 Å². The van der Waals surface area contributed by atoms with Crippen LogP contribution in [-0.2, 0) is 0 Å². The van der Waals surface area contributed by atoms with Crippen molar-refractivity contribution in [2.75, 3.05) is 33.2 Å². The monoisotopic (exact) mass is 186 g/mol. The molecule has 0 saturated carbocycles. The van der Waals surface area contributed by atoms with Gasteiger partial charge >= 0.3 is 0 Å². The van der Waals surface area contributed by atoms with Crippen LogP contribution in [0.5, 0.6) is 0 Å². The molecule has 13 heavy (non-hydrogen) atoms. The molecule has 2 nitrogen and oxygen atoms in total. The zero-order chi connectivity index (χ0) is 10.1. The minimum Gasteiger partial charge on any atom is -0.315 e. The van der Waals surface area contributed by atoms with Crippen LogP contribution in [0.1, 0.15) is 33.6 Å². The fourth-order valence-corrected chi connectivity index (χ4v) is 1.20. The van der Waals surface area contributed by atoms with Crippen molar-refractivity contribution in [3.8, 4) is 0 Å². The average molecular weight is 186 g/mol. The summed E-state index contributed by atoms with van der Waals surface area (Å²) in [5, 5.41) is 3.45. The van der Waals surface area contributed by atoms with Gasteiger partial charge in [0.25, 0.3) is 0 Å². The molecule has 1 N–H and O–H groups in total. The van der Waals surface area contributed by atoms with E-state index < -0.39 is 0 Å². The first-order valence-electron chi connectivity index (χ1n) is 5.56. The lowest BCUT2D eigenvalue weighted by atomic mass is 10.2. The molecular formula is C11H26N2. The van der Waals surface area contributed by atoms with Crippen LogP contribution in [0.25, 0.3) is 0 Å². The summed E-state index contributed by atoms with van der Waals surface area (Å²) in [4.78, 5) is 2.40. The fourth-order valence-electron chi connectivity index (χ4n) is 1.20. The number of likely N-dealkylation sites (N-methyl/N-ethyl adjacent to an activating group) is 1. The van der Waals surface area contributed by atoms with E-state index in [1.54, 1.807) is 0 Å². The maximum Gasteiger partial charge on any atom is 0.0104 e. The van der Waals surface area contributed by atoms with E-state index in [2.05, 4.69) is 38.0 Å². The lowest BCUT2D eigenvalue weighted by molar-refractivity contribution is 0.323. The molecular weight excluding hydrogens is 160 g/mol. The maximum atomic E-state index is 3.45. The summed E-state index contributed by atoms with van der Waals surface area (Å²) in [6.07, 6.45) is 2.62. The van der Waals surface area contributed by atoms with Crippen molar-refractivity contribution in [3.05, 3.63) is 0 Å². The molecule has 0 radical (unpaired) electrons. The quantitative estimate of drug-likeness (QED) is 0.583. The smallest absolute Gasteiger partial charge is 0.0104 e. The average Bonchev–Trinajstić information content (AvgIpc) is 2.08. The van der Waals surface area contributed by atoms with Crippen molar-refractivity contribution < 1.29 is 0 Å². The summed E-state index contributed by atoms with van der Waals surface area (Å²) in [7, 11) is 2.20. The molecule has 0 heterocycles. The Morgan fingerprint density at radius 3 is 2.46 bits per heavy atom. The van der Waals surface area contributed by atoms with Gasteiger partial charge in [0.15, 0.2) is 0 Å². The van der Waals surface area contributed by atoms with E-state index in [9.17, 15) is 0 Å². The molecule has 0 aliphatic heterocycles. The molecule has 0 aromatic carbocycles. The Hall–Kier alpha value is -0.0800. The first kappa shape index (κ1) is 12.9. The highest BCUT2D eigenvalue weighted by Gasteiger charge is 1.97. The first-order valence-corrected chi connectivity index (χ1v) is 5.56. The Labute approximate surface area is 83.7 Å². The highest BCUT2D eigenvalue weighted by Crippen LogP contribution is 1.91. The van der Waals surface area contributed by atoms with Crippen LogP contribution >= 0.6 is 0 Å². The van der Waals surface area contributed by atoms with Crippen LogP contribution in [0.3, 0.4) is 0 Å². The number of hydrogen-bond donors (Lipinski definition) is 1. The van der Waals surface area contributed by atoms with Gasteiger partial charge in [0, 0.05) is 13.1 Å². The topological polar surface area (TPSA) is 15.3 Å². The van der Waals surface area contributed by atoms with Gasteiger partial charge in [-0.25, -0.2) is 0 Å². The molecule has 0 spiro atoms. The van der Waals surface area contributed by atoms with E-state index >= 15 is 0 Å². The molecule has 0 rings (SSSR count). The van der Waals surface area contributed by atoms with E-state index in [1.165, 1.54) is 25.9 Å². The van der Waals surface area contributed by atoms with Crippen molar-refractivity contribution >= 4 is 0 Å². The van der Waals surface area contributed by atoms with E-state index in [0.717, 1.165) is 19.0 Å².